The van der Waals surface area contributed by atoms with Crippen LogP contribution in [0.5, 0.6) is 11.5 Å². The number of aldehydes is 1. The predicted octanol–water partition coefficient (Wildman–Crippen LogP) is 2.82. The monoisotopic (exact) mass is 445 g/mol. The Morgan fingerprint density at radius 1 is 1.13 bits per heavy atom. The van der Waals surface area contributed by atoms with Gasteiger partial charge in [0.25, 0.3) is 0 Å². The number of nitrogens with one attached hydrogen (secondary N) is 1. The molecule has 0 unspecified atom stereocenters. The maximum Gasteiger partial charge on any atom is 0.408 e. The van der Waals surface area contributed by atoms with Gasteiger partial charge >= 0.3 is 6.09 Å². The molecule has 9 heteroatoms. The second-order valence-electron chi connectivity index (χ2n) is 8.55. The van der Waals surface area contributed by atoms with E-state index in [1.54, 1.807) is 57.2 Å². The first-order valence-corrected chi connectivity index (χ1v) is 11.3. The van der Waals surface area contributed by atoms with Gasteiger partial charge in [0.05, 0.1) is 4.90 Å². The lowest BCUT2D eigenvalue weighted by molar-refractivity contribution is -0.110. The third kappa shape index (κ3) is 3.74. The molecule has 1 fully saturated rings. The van der Waals surface area contributed by atoms with Crippen molar-refractivity contribution in [2.75, 3.05) is 6.79 Å². The van der Waals surface area contributed by atoms with Crippen LogP contribution in [0.2, 0.25) is 0 Å². The smallest absolute Gasteiger partial charge is 0.408 e. The Morgan fingerprint density at radius 2 is 1.81 bits per heavy atom. The van der Waals surface area contributed by atoms with Crippen LogP contribution in [0, 0.1) is 0 Å². The first-order chi connectivity index (χ1) is 14.6. The van der Waals surface area contributed by atoms with Crippen LogP contribution in [-0.2, 0) is 19.4 Å². The number of carbonyl (C=O) groups is 2. The van der Waals surface area contributed by atoms with Gasteiger partial charge in [-0.15, -0.1) is 0 Å². The number of hydrogen-bond donors (Lipinski definition) is 1. The zero-order valence-corrected chi connectivity index (χ0v) is 18.1. The summed E-state index contributed by atoms with van der Waals surface area (Å²) in [7, 11) is -3.96. The second-order valence-corrected chi connectivity index (χ2v) is 10.6. The zero-order valence-electron chi connectivity index (χ0n) is 17.3. The quantitative estimate of drug-likeness (QED) is 0.705. The van der Waals surface area contributed by atoms with Crippen LogP contribution in [0.3, 0.4) is 0 Å². The van der Waals surface area contributed by atoms with Crippen molar-refractivity contribution in [3.05, 3.63) is 54.1 Å². The van der Waals surface area contributed by atoms with Crippen molar-refractivity contribution < 1.29 is 32.2 Å². The van der Waals surface area contributed by atoms with Gasteiger partial charge in [-0.25, -0.2) is 13.2 Å². The highest BCUT2D eigenvalue weighted by atomic mass is 32.2. The highest BCUT2D eigenvalue weighted by molar-refractivity contribution is 7.92. The molecule has 8 nitrogen and oxygen atoms in total. The summed E-state index contributed by atoms with van der Waals surface area (Å²) in [5.74, 6) is 0.165. The summed E-state index contributed by atoms with van der Waals surface area (Å²) in [4.78, 5) is 24.9. The zero-order chi connectivity index (χ0) is 22.4. The van der Waals surface area contributed by atoms with Gasteiger partial charge in [-0.1, -0.05) is 24.3 Å². The van der Waals surface area contributed by atoms with Gasteiger partial charge < -0.3 is 24.3 Å². The molecular formula is C22H23NO7S. The summed E-state index contributed by atoms with van der Waals surface area (Å²) in [6.45, 7) is 5.10. The third-order valence-electron chi connectivity index (χ3n) is 5.25. The first-order valence-electron chi connectivity index (χ1n) is 9.74. The average molecular weight is 445 g/mol. The molecule has 0 radical (unpaired) electrons. The number of benzene rings is 2. The van der Waals surface area contributed by atoms with Crippen molar-refractivity contribution in [3.63, 3.8) is 0 Å². The summed E-state index contributed by atoms with van der Waals surface area (Å²) in [6.07, 6.45) is -0.381. The number of carbonyl (C=O) groups excluding carboxylic acids is 2. The van der Waals surface area contributed by atoms with E-state index in [-0.39, 0.29) is 11.7 Å². The Balaban J connectivity index is 1.76. The number of rotatable bonds is 5. The van der Waals surface area contributed by atoms with Crippen LogP contribution in [0.15, 0.2) is 53.4 Å². The molecule has 1 aliphatic heterocycles. The molecule has 4 rings (SSSR count). The summed E-state index contributed by atoms with van der Waals surface area (Å²) < 4.78 is 42.9. The van der Waals surface area contributed by atoms with Crippen LogP contribution in [0.4, 0.5) is 4.79 Å². The van der Waals surface area contributed by atoms with Gasteiger partial charge in [0, 0.05) is 5.92 Å². The molecule has 0 spiro atoms. The summed E-state index contributed by atoms with van der Waals surface area (Å²) in [6, 6.07) is 12.8. The van der Waals surface area contributed by atoms with E-state index in [4.69, 9.17) is 14.2 Å². The molecule has 0 aromatic heterocycles. The number of amides is 1. The van der Waals surface area contributed by atoms with E-state index in [0.717, 1.165) is 0 Å². The standard InChI is InChI=1S/C22H23NO7S/c1-21(2,3)30-20(25)23-22(12-24)18(14-9-10-16-17(11-14)29-13-28-16)19(22)31(26,27)15-7-5-4-6-8-15/h4-12,18-19H,13H2,1-3H3,(H,23,25)/t18-,19-,22+/m0/s1. The lowest BCUT2D eigenvalue weighted by Gasteiger charge is -2.22. The van der Waals surface area contributed by atoms with Gasteiger partial charge in [0.1, 0.15) is 22.7 Å². The SMILES string of the molecule is CC(C)(C)OC(=O)N[C@]1(C=O)[C@@H](c2ccc3c(c2)OCO3)[C@@H]1S(=O)(=O)c1ccccc1. The fourth-order valence-corrected chi connectivity index (χ4v) is 6.19. The van der Waals surface area contributed by atoms with Crippen molar-refractivity contribution in [2.45, 2.75) is 48.0 Å². The largest absolute Gasteiger partial charge is 0.454 e. The molecule has 1 amide bonds. The number of hydrogen-bond acceptors (Lipinski definition) is 7. The van der Waals surface area contributed by atoms with Gasteiger partial charge in [-0.3, -0.25) is 0 Å². The molecule has 164 valence electrons. The molecule has 2 aromatic carbocycles. The number of sulfone groups is 1. The molecule has 1 N–H and O–H groups in total. The number of alkyl carbamates (subject to hydrolysis) is 1. The van der Waals surface area contributed by atoms with Crippen LogP contribution in [-0.4, -0.2) is 44.0 Å². The lowest BCUT2D eigenvalue weighted by atomic mass is 10.1. The van der Waals surface area contributed by atoms with Gasteiger partial charge in [-0.2, -0.15) is 0 Å². The molecule has 3 atom stereocenters. The fourth-order valence-electron chi connectivity index (χ4n) is 3.92. The second kappa shape index (κ2) is 7.26. The summed E-state index contributed by atoms with van der Waals surface area (Å²) in [5.41, 5.74) is -1.95. The lowest BCUT2D eigenvalue weighted by Crippen LogP contribution is -2.45. The van der Waals surface area contributed by atoms with Crippen molar-refractivity contribution in [1.29, 1.82) is 0 Å². The highest BCUT2D eigenvalue weighted by Crippen LogP contribution is 2.57. The Hall–Kier alpha value is -3.07. The Labute approximate surface area is 180 Å². The molecule has 0 bridgehead atoms. The van der Waals surface area contributed by atoms with E-state index in [2.05, 4.69) is 5.32 Å². The van der Waals surface area contributed by atoms with Crippen LogP contribution >= 0.6 is 0 Å². The first kappa shape index (κ1) is 21.2. The van der Waals surface area contributed by atoms with E-state index in [1.807, 2.05) is 0 Å². The van der Waals surface area contributed by atoms with Gasteiger partial charge in [0.2, 0.25) is 6.79 Å². The van der Waals surface area contributed by atoms with Crippen molar-refractivity contribution in [1.82, 2.24) is 5.32 Å². The minimum atomic E-state index is -3.96. The van der Waals surface area contributed by atoms with Crippen LogP contribution in [0.25, 0.3) is 0 Å². The molecule has 2 aromatic rings. The maximum absolute atomic E-state index is 13.4. The third-order valence-corrected chi connectivity index (χ3v) is 7.51. The molecular weight excluding hydrogens is 422 g/mol. The Kier molecular flexibility index (Phi) is 4.96. The highest BCUT2D eigenvalue weighted by Gasteiger charge is 2.73. The molecule has 1 saturated carbocycles. The topological polar surface area (TPSA) is 108 Å². The van der Waals surface area contributed by atoms with Crippen molar-refractivity contribution in [2.24, 2.45) is 0 Å². The van der Waals surface area contributed by atoms with E-state index in [0.29, 0.717) is 23.3 Å². The van der Waals surface area contributed by atoms with Crippen LogP contribution in [0.1, 0.15) is 32.3 Å². The minimum Gasteiger partial charge on any atom is -0.454 e. The van der Waals surface area contributed by atoms with Crippen molar-refractivity contribution >= 4 is 22.2 Å². The maximum atomic E-state index is 13.4. The van der Waals surface area contributed by atoms with Gasteiger partial charge in [0.15, 0.2) is 21.3 Å². The summed E-state index contributed by atoms with van der Waals surface area (Å²) >= 11 is 0. The van der Waals surface area contributed by atoms with E-state index in [1.165, 1.54) is 12.1 Å². The van der Waals surface area contributed by atoms with E-state index >= 15 is 0 Å². The average Bonchev–Trinajstić information content (AvgIpc) is 3.13. The van der Waals surface area contributed by atoms with E-state index < -0.39 is 38.2 Å². The molecule has 31 heavy (non-hydrogen) atoms. The molecule has 1 aliphatic carbocycles. The van der Waals surface area contributed by atoms with E-state index in [9.17, 15) is 18.0 Å². The predicted molar refractivity (Wildman–Crippen MR) is 111 cm³/mol. The summed E-state index contributed by atoms with van der Waals surface area (Å²) in [5, 5.41) is 1.33. The molecule has 1 heterocycles. The molecule has 2 aliphatic rings. The number of fused-ring (bicyclic) bond motifs is 1. The fraction of sp³-hybridized carbons (Fsp3) is 0.364. The Morgan fingerprint density at radius 3 is 2.45 bits per heavy atom. The number of ether oxygens (including phenoxy) is 3. The van der Waals surface area contributed by atoms with Crippen LogP contribution < -0.4 is 14.8 Å². The molecule has 0 saturated heterocycles. The minimum absolute atomic E-state index is 0.0597. The normalized spacial score (nSPS) is 24.4. The van der Waals surface area contributed by atoms with Gasteiger partial charge in [-0.05, 0) is 50.6 Å². The Bertz CT molecular complexity index is 1120. The van der Waals surface area contributed by atoms with Crippen molar-refractivity contribution in [3.8, 4) is 11.5 Å².